The molecule has 4 heteroatoms. The molecule has 0 aliphatic heterocycles. The van der Waals surface area contributed by atoms with Gasteiger partial charge in [0.15, 0.2) is 0 Å². The van der Waals surface area contributed by atoms with Crippen molar-refractivity contribution in [3.05, 3.63) is 18.0 Å². The van der Waals surface area contributed by atoms with Gasteiger partial charge in [0.2, 0.25) is 0 Å². The topological polar surface area (TPSA) is 77.8 Å². The van der Waals surface area contributed by atoms with Gasteiger partial charge in [-0.2, -0.15) is 0 Å². The van der Waals surface area contributed by atoms with Crippen molar-refractivity contribution in [2.75, 3.05) is 11.5 Å². The first-order valence-electron chi connectivity index (χ1n) is 4.63. The molecule has 0 aliphatic carbocycles. The van der Waals surface area contributed by atoms with E-state index in [0.29, 0.717) is 23.1 Å². The Hall–Kier alpha value is -1.58. The minimum atomic E-state index is 0.428. The molecule has 0 amide bonds. The molecule has 0 aliphatic rings. The monoisotopic (exact) mass is 192 g/mol. The van der Waals surface area contributed by atoms with E-state index in [9.17, 15) is 0 Å². The zero-order valence-electron chi connectivity index (χ0n) is 8.57. The van der Waals surface area contributed by atoms with Crippen LogP contribution in [0.5, 0.6) is 0 Å². The molecule has 76 valence electrons. The maximum Gasteiger partial charge on any atom is 0.136 e. The molecule has 0 radical (unpaired) electrons. The molecule has 0 fully saturated rings. The quantitative estimate of drug-likeness (QED) is 0.764. The summed E-state index contributed by atoms with van der Waals surface area (Å²) in [4.78, 5) is 7.75. The van der Waals surface area contributed by atoms with Crippen molar-refractivity contribution in [2.45, 2.75) is 20.3 Å². The number of hydrogen-bond donors (Lipinski definition) is 2. The van der Waals surface area contributed by atoms with Crippen LogP contribution in [0.3, 0.4) is 0 Å². The van der Waals surface area contributed by atoms with Crippen molar-refractivity contribution in [2.24, 2.45) is 5.92 Å². The van der Waals surface area contributed by atoms with Crippen LogP contribution < -0.4 is 11.5 Å². The Morgan fingerprint density at radius 1 is 1.29 bits per heavy atom. The van der Waals surface area contributed by atoms with Gasteiger partial charge < -0.3 is 11.5 Å². The number of allylic oxidation sites excluding steroid dienone is 1. The van der Waals surface area contributed by atoms with E-state index in [1.54, 1.807) is 0 Å². The van der Waals surface area contributed by atoms with E-state index in [0.717, 1.165) is 6.42 Å². The Labute approximate surface area is 84.1 Å². The number of hydrogen-bond acceptors (Lipinski definition) is 4. The molecule has 0 unspecified atom stereocenters. The van der Waals surface area contributed by atoms with Gasteiger partial charge in [-0.3, -0.25) is 0 Å². The van der Waals surface area contributed by atoms with Gasteiger partial charge >= 0.3 is 0 Å². The zero-order chi connectivity index (χ0) is 10.6. The third-order valence-electron chi connectivity index (χ3n) is 1.84. The third-order valence-corrected chi connectivity index (χ3v) is 1.84. The lowest BCUT2D eigenvalue weighted by atomic mass is 10.1. The molecule has 1 rings (SSSR count). The average Bonchev–Trinajstić information content (AvgIpc) is 2.09. The zero-order valence-corrected chi connectivity index (χ0v) is 8.57. The molecule has 0 bridgehead atoms. The molecule has 4 nitrogen and oxygen atoms in total. The molecule has 1 heterocycles. The Morgan fingerprint density at radius 3 is 2.36 bits per heavy atom. The summed E-state index contributed by atoms with van der Waals surface area (Å²) in [7, 11) is 0. The molecule has 14 heavy (non-hydrogen) atoms. The van der Waals surface area contributed by atoms with Crippen LogP contribution in [-0.4, -0.2) is 9.97 Å². The lowest BCUT2D eigenvalue weighted by molar-refractivity contribution is 0.665. The summed E-state index contributed by atoms with van der Waals surface area (Å²) >= 11 is 0. The second kappa shape index (κ2) is 4.60. The van der Waals surface area contributed by atoms with Gasteiger partial charge in [0, 0.05) is 0 Å². The van der Waals surface area contributed by atoms with E-state index >= 15 is 0 Å². The van der Waals surface area contributed by atoms with Crippen molar-refractivity contribution in [1.82, 2.24) is 9.97 Å². The summed E-state index contributed by atoms with van der Waals surface area (Å²) < 4.78 is 0. The second-order valence-corrected chi connectivity index (χ2v) is 3.59. The van der Waals surface area contributed by atoms with Crippen molar-refractivity contribution in [3.8, 4) is 0 Å². The molecule has 0 saturated carbocycles. The van der Waals surface area contributed by atoms with E-state index < -0.39 is 0 Å². The normalized spacial score (nSPS) is 11.4. The van der Waals surface area contributed by atoms with E-state index in [2.05, 4.69) is 23.8 Å². The Bertz CT molecular complexity index is 311. The van der Waals surface area contributed by atoms with Crippen LogP contribution >= 0.6 is 0 Å². The van der Waals surface area contributed by atoms with E-state index in [-0.39, 0.29) is 0 Å². The molecule has 0 spiro atoms. The van der Waals surface area contributed by atoms with Crippen LogP contribution in [-0.2, 0) is 0 Å². The smallest absolute Gasteiger partial charge is 0.136 e. The first kappa shape index (κ1) is 10.5. The minimum absolute atomic E-state index is 0.428. The molecule has 0 atom stereocenters. The number of nitrogens with zero attached hydrogens (tertiary/aromatic N) is 2. The van der Waals surface area contributed by atoms with Crippen LogP contribution in [0.4, 0.5) is 11.6 Å². The van der Waals surface area contributed by atoms with Gasteiger partial charge in [0.25, 0.3) is 0 Å². The average molecular weight is 192 g/mol. The van der Waals surface area contributed by atoms with Gasteiger partial charge in [0.05, 0.1) is 5.56 Å². The minimum Gasteiger partial charge on any atom is -0.383 e. The second-order valence-electron chi connectivity index (χ2n) is 3.59. The summed E-state index contributed by atoms with van der Waals surface area (Å²) in [6.45, 7) is 4.30. The SMILES string of the molecule is CC(C)C/C=C/c1c(N)ncnc1N. The van der Waals surface area contributed by atoms with Crippen LogP contribution in [0.2, 0.25) is 0 Å². The number of nitrogens with two attached hydrogens (primary N) is 2. The van der Waals surface area contributed by atoms with E-state index in [4.69, 9.17) is 11.5 Å². The van der Waals surface area contributed by atoms with Gasteiger partial charge in [-0.05, 0) is 12.3 Å². The Morgan fingerprint density at radius 2 is 1.86 bits per heavy atom. The fraction of sp³-hybridized carbons (Fsp3) is 0.400. The van der Waals surface area contributed by atoms with Crippen LogP contribution in [0.15, 0.2) is 12.4 Å². The number of nitrogen functional groups attached to an aromatic ring is 2. The van der Waals surface area contributed by atoms with Gasteiger partial charge in [-0.15, -0.1) is 0 Å². The lowest BCUT2D eigenvalue weighted by Crippen LogP contribution is -2.01. The number of anilines is 2. The lowest BCUT2D eigenvalue weighted by Gasteiger charge is -2.02. The van der Waals surface area contributed by atoms with Crippen LogP contribution in [0.1, 0.15) is 25.8 Å². The van der Waals surface area contributed by atoms with Crippen LogP contribution in [0, 0.1) is 5.92 Å². The summed E-state index contributed by atoms with van der Waals surface area (Å²) in [5, 5.41) is 0. The van der Waals surface area contributed by atoms with Gasteiger partial charge in [-0.25, -0.2) is 9.97 Å². The van der Waals surface area contributed by atoms with Crippen LogP contribution in [0.25, 0.3) is 6.08 Å². The standard InChI is InChI=1S/C10H16N4/c1-7(2)4-3-5-8-9(11)13-6-14-10(8)12/h3,5-7H,4H2,1-2H3,(H4,11,12,13,14)/b5-3+. The van der Waals surface area contributed by atoms with Crippen molar-refractivity contribution < 1.29 is 0 Å². The summed E-state index contributed by atoms with van der Waals surface area (Å²) in [6, 6.07) is 0. The summed E-state index contributed by atoms with van der Waals surface area (Å²) in [5.74, 6) is 1.48. The van der Waals surface area contributed by atoms with Gasteiger partial charge in [-0.1, -0.05) is 26.0 Å². The summed E-state index contributed by atoms with van der Waals surface area (Å²) in [6.07, 6.45) is 6.28. The highest BCUT2D eigenvalue weighted by molar-refractivity contribution is 5.69. The largest absolute Gasteiger partial charge is 0.383 e. The van der Waals surface area contributed by atoms with Crippen molar-refractivity contribution in [3.63, 3.8) is 0 Å². The molecule has 4 N–H and O–H groups in total. The first-order chi connectivity index (χ1) is 6.61. The molecule has 1 aromatic rings. The highest BCUT2D eigenvalue weighted by Crippen LogP contribution is 2.16. The Kier molecular flexibility index (Phi) is 3.45. The highest BCUT2D eigenvalue weighted by atomic mass is 15.0. The van der Waals surface area contributed by atoms with Gasteiger partial charge in [0.1, 0.15) is 18.0 Å². The molecule has 1 aromatic heterocycles. The van der Waals surface area contributed by atoms with E-state index in [1.807, 2.05) is 12.2 Å². The third kappa shape index (κ3) is 2.73. The van der Waals surface area contributed by atoms with Crippen molar-refractivity contribution >= 4 is 17.7 Å². The Balaban J connectivity index is 2.80. The van der Waals surface area contributed by atoms with Crippen molar-refractivity contribution in [1.29, 1.82) is 0 Å². The predicted molar refractivity (Wildman–Crippen MR) is 59.3 cm³/mol. The number of rotatable bonds is 3. The maximum atomic E-state index is 5.66. The number of aromatic nitrogens is 2. The molecular weight excluding hydrogens is 176 g/mol. The molecular formula is C10H16N4. The predicted octanol–water partition coefficient (Wildman–Crippen LogP) is 1.70. The van der Waals surface area contributed by atoms with E-state index in [1.165, 1.54) is 6.33 Å². The fourth-order valence-corrected chi connectivity index (χ4v) is 1.05. The highest BCUT2D eigenvalue weighted by Gasteiger charge is 2.01. The summed E-state index contributed by atoms with van der Waals surface area (Å²) in [5.41, 5.74) is 12.0. The molecule has 0 saturated heterocycles. The molecule has 0 aromatic carbocycles. The first-order valence-corrected chi connectivity index (χ1v) is 4.63. The maximum absolute atomic E-state index is 5.66. The fourth-order valence-electron chi connectivity index (χ4n) is 1.05.